The number of hydroxylamine groups is 2. The van der Waals surface area contributed by atoms with Gasteiger partial charge in [-0.2, -0.15) is 0 Å². The molecule has 0 saturated heterocycles. The fourth-order valence-electron chi connectivity index (χ4n) is 2.02. The Balaban J connectivity index is 1.72. The van der Waals surface area contributed by atoms with Crippen molar-refractivity contribution in [3.05, 3.63) is 35.4 Å². The van der Waals surface area contributed by atoms with Crippen molar-refractivity contribution in [2.24, 2.45) is 0 Å². The Kier molecular flexibility index (Phi) is 5.62. The second-order valence-corrected chi connectivity index (χ2v) is 4.81. The average Bonchev–Trinajstić information content (AvgIpc) is 2.77. The van der Waals surface area contributed by atoms with Gasteiger partial charge < -0.3 is 10.6 Å². The highest BCUT2D eigenvalue weighted by Gasteiger charge is 2.36. The molecule has 7 heteroatoms. The molecule has 0 aliphatic carbocycles. The molecule has 1 aromatic carbocycles. The van der Waals surface area contributed by atoms with Crippen molar-refractivity contribution in [2.75, 3.05) is 26.2 Å². The zero-order valence-corrected chi connectivity index (χ0v) is 12.4. The van der Waals surface area contributed by atoms with E-state index in [1.807, 2.05) is 6.92 Å². The fourth-order valence-corrected chi connectivity index (χ4v) is 2.02. The van der Waals surface area contributed by atoms with Gasteiger partial charge in [0.1, 0.15) is 0 Å². The lowest BCUT2D eigenvalue weighted by Crippen LogP contribution is -2.37. The van der Waals surface area contributed by atoms with Gasteiger partial charge in [0.2, 0.25) is 5.91 Å². The first kappa shape index (κ1) is 16.1. The number of hydrogen-bond acceptors (Lipinski definition) is 5. The number of nitrogens with one attached hydrogen (secondary N) is 2. The van der Waals surface area contributed by atoms with Crippen molar-refractivity contribution in [1.82, 2.24) is 15.7 Å². The predicted octanol–water partition coefficient (Wildman–Crippen LogP) is 0.330. The first-order valence-corrected chi connectivity index (χ1v) is 7.23. The van der Waals surface area contributed by atoms with E-state index in [9.17, 15) is 14.4 Å². The molecule has 22 heavy (non-hydrogen) atoms. The molecule has 0 bridgehead atoms. The van der Waals surface area contributed by atoms with Crippen LogP contribution in [0.25, 0.3) is 0 Å². The van der Waals surface area contributed by atoms with E-state index in [1.165, 1.54) is 0 Å². The summed E-state index contributed by atoms with van der Waals surface area (Å²) in [5.74, 6) is -1.01. The Hall–Kier alpha value is -2.25. The molecule has 1 aliphatic rings. The number of fused-ring (bicyclic) bond motifs is 1. The molecular formula is C15H19N3O4. The van der Waals surface area contributed by atoms with Gasteiger partial charge >= 0.3 is 0 Å². The maximum Gasteiger partial charge on any atom is 0.285 e. The summed E-state index contributed by atoms with van der Waals surface area (Å²) in [6, 6.07) is 6.58. The first-order valence-electron chi connectivity index (χ1n) is 7.23. The van der Waals surface area contributed by atoms with Crippen LogP contribution in [0, 0.1) is 0 Å². The molecule has 1 aliphatic heterocycles. The summed E-state index contributed by atoms with van der Waals surface area (Å²) < 4.78 is 0. The summed E-state index contributed by atoms with van der Waals surface area (Å²) in [6.45, 7) is 3.26. The molecule has 1 heterocycles. The van der Waals surface area contributed by atoms with E-state index in [2.05, 4.69) is 10.6 Å². The van der Waals surface area contributed by atoms with Crippen LogP contribution in [-0.4, -0.2) is 49.0 Å². The Morgan fingerprint density at radius 2 is 1.77 bits per heavy atom. The van der Waals surface area contributed by atoms with E-state index in [4.69, 9.17) is 4.84 Å². The molecule has 0 atom stereocenters. The molecule has 0 radical (unpaired) electrons. The topological polar surface area (TPSA) is 87.7 Å². The van der Waals surface area contributed by atoms with E-state index >= 15 is 0 Å². The molecule has 0 spiro atoms. The largest absolute Gasteiger partial charge is 0.355 e. The van der Waals surface area contributed by atoms with Crippen LogP contribution >= 0.6 is 0 Å². The molecule has 2 rings (SSSR count). The lowest BCUT2D eigenvalue weighted by molar-refractivity contribution is -0.120. The summed E-state index contributed by atoms with van der Waals surface area (Å²) in [6.07, 6.45) is 0.884. The molecule has 0 unspecified atom stereocenters. The second-order valence-electron chi connectivity index (χ2n) is 4.81. The standard InChI is InChI=1S/C15H19N3O4/c1-2-7-17-13(19)10-16-8-9-22-18-14(20)11-5-3-4-6-12(11)15(18)21/h3-6,16H,2,7-10H2,1H3,(H,17,19). The van der Waals surface area contributed by atoms with Crippen LogP contribution in [0.5, 0.6) is 0 Å². The summed E-state index contributed by atoms with van der Waals surface area (Å²) in [7, 11) is 0. The highest BCUT2D eigenvalue weighted by atomic mass is 16.7. The molecule has 3 amide bonds. The third kappa shape index (κ3) is 3.69. The minimum atomic E-state index is -0.457. The number of benzene rings is 1. The molecule has 2 N–H and O–H groups in total. The van der Waals surface area contributed by atoms with Gasteiger partial charge in [0, 0.05) is 13.1 Å². The van der Waals surface area contributed by atoms with Crippen molar-refractivity contribution in [3.63, 3.8) is 0 Å². The van der Waals surface area contributed by atoms with Crippen LogP contribution in [0.3, 0.4) is 0 Å². The quantitative estimate of drug-likeness (QED) is 0.534. The Morgan fingerprint density at radius 3 is 2.36 bits per heavy atom. The molecule has 7 nitrogen and oxygen atoms in total. The summed E-state index contributed by atoms with van der Waals surface area (Å²) in [4.78, 5) is 40.5. The number of carbonyl (C=O) groups is 3. The van der Waals surface area contributed by atoms with Gasteiger partial charge in [-0.1, -0.05) is 19.1 Å². The van der Waals surface area contributed by atoms with Gasteiger partial charge in [0.05, 0.1) is 24.3 Å². The van der Waals surface area contributed by atoms with Crippen molar-refractivity contribution in [1.29, 1.82) is 0 Å². The van der Waals surface area contributed by atoms with Crippen molar-refractivity contribution in [3.8, 4) is 0 Å². The van der Waals surface area contributed by atoms with Gasteiger partial charge in [0.25, 0.3) is 11.8 Å². The van der Waals surface area contributed by atoms with Crippen molar-refractivity contribution < 1.29 is 19.2 Å². The molecule has 0 fully saturated rings. The number of carbonyl (C=O) groups excluding carboxylic acids is 3. The van der Waals surface area contributed by atoms with E-state index in [-0.39, 0.29) is 19.1 Å². The van der Waals surface area contributed by atoms with Crippen LogP contribution in [0.1, 0.15) is 34.1 Å². The van der Waals surface area contributed by atoms with Gasteiger partial charge in [-0.3, -0.25) is 19.2 Å². The Labute approximate surface area is 128 Å². The number of amides is 3. The predicted molar refractivity (Wildman–Crippen MR) is 79.1 cm³/mol. The van der Waals surface area contributed by atoms with Gasteiger partial charge in [0.15, 0.2) is 0 Å². The van der Waals surface area contributed by atoms with Crippen LogP contribution < -0.4 is 10.6 Å². The fraction of sp³-hybridized carbons (Fsp3) is 0.400. The smallest absolute Gasteiger partial charge is 0.285 e. The van der Waals surface area contributed by atoms with Crippen LogP contribution in [0.4, 0.5) is 0 Å². The van der Waals surface area contributed by atoms with E-state index in [0.29, 0.717) is 24.2 Å². The highest BCUT2D eigenvalue weighted by Crippen LogP contribution is 2.22. The van der Waals surface area contributed by atoms with E-state index in [1.54, 1.807) is 24.3 Å². The maximum atomic E-state index is 12.0. The number of imide groups is 1. The molecular weight excluding hydrogens is 286 g/mol. The van der Waals surface area contributed by atoms with E-state index in [0.717, 1.165) is 11.5 Å². The molecule has 118 valence electrons. The highest BCUT2D eigenvalue weighted by molar-refractivity contribution is 6.20. The number of rotatable bonds is 8. The molecule has 0 saturated carbocycles. The minimum Gasteiger partial charge on any atom is -0.355 e. The van der Waals surface area contributed by atoms with Crippen LogP contribution in [0.2, 0.25) is 0 Å². The van der Waals surface area contributed by atoms with Crippen molar-refractivity contribution >= 4 is 17.7 Å². The first-order chi connectivity index (χ1) is 10.6. The third-order valence-electron chi connectivity index (χ3n) is 3.11. The van der Waals surface area contributed by atoms with Crippen molar-refractivity contribution in [2.45, 2.75) is 13.3 Å². The third-order valence-corrected chi connectivity index (χ3v) is 3.11. The van der Waals surface area contributed by atoms with Gasteiger partial charge in [-0.25, -0.2) is 0 Å². The molecule has 1 aromatic rings. The average molecular weight is 305 g/mol. The summed E-state index contributed by atoms with van der Waals surface area (Å²) in [5.41, 5.74) is 0.693. The normalized spacial score (nSPS) is 13.4. The van der Waals surface area contributed by atoms with Crippen LogP contribution in [0.15, 0.2) is 24.3 Å². The monoisotopic (exact) mass is 305 g/mol. The Bertz CT molecular complexity index is 539. The van der Waals surface area contributed by atoms with E-state index < -0.39 is 11.8 Å². The SMILES string of the molecule is CCCNC(=O)CNCCON1C(=O)c2ccccc2C1=O. The minimum absolute atomic E-state index is 0.0948. The summed E-state index contributed by atoms with van der Waals surface area (Å²) in [5, 5.41) is 6.38. The lowest BCUT2D eigenvalue weighted by Gasteiger charge is -2.13. The summed E-state index contributed by atoms with van der Waals surface area (Å²) >= 11 is 0. The number of nitrogens with zero attached hydrogens (tertiary/aromatic N) is 1. The zero-order chi connectivity index (χ0) is 15.9. The Morgan fingerprint density at radius 1 is 1.14 bits per heavy atom. The lowest BCUT2D eigenvalue weighted by atomic mass is 10.1. The second kappa shape index (κ2) is 7.67. The maximum absolute atomic E-state index is 12.0. The number of hydrogen-bond donors (Lipinski definition) is 2. The van der Waals surface area contributed by atoms with Crippen LogP contribution in [-0.2, 0) is 9.63 Å². The van der Waals surface area contributed by atoms with Gasteiger partial charge in [-0.15, -0.1) is 5.06 Å². The zero-order valence-electron chi connectivity index (χ0n) is 12.4. The molecule has 0 aromatic heterocycles. The van der Waals surface area contributed by atoms with Gasteiger partial charge in [-0.05, 0) is 18.6 Å².